The van der Waals surface area contributed by atoms with Crippen LogP contribution < -0.4 is 10.6 Å². The Morgan fingerprint density at radius 1 is 1.19 bits per heavy atom. The van der Waals surface area contributed by atoms with E-state index in [4.69, 9.17) is 5.73 Å². The van der Waals surface area contributed by atoms with Gasteiger partial charge in [0.05, 0.1) is 4.92 Å². The summed E-state index contributed by atoms with van der Waals surface area (Å²) in [5.74, 6) is 0. The maximum atomic E-state index is 11.1. The normalized spacial score (nSPS) is 28.5. The number of fused-ring (bicyclic) bond motifs is 2. The van der Waals surface area contributed by atoms with Gasteiger partial charge in [-0.1, -0.05) is 0 Å². The summed E-state index contributed by atoms with van der Waals surface area (Å²) < 4.78 is 0. The molecule has 2 saturated heterocycles. The van der Waals surface area contributed by atoms with Crippen molar-refractivity contribution in [3.63, 3.8) is 0 Å². The highest BCUT2D eigenvalue weighted by atomic mass is 16.6. The van der Waals surface area contributed by atoms with Crippen LogP contribution in [0.2, 0.25) is 0 Å². The third kappa shape index (κ3) is 2.50. The highest BCUT2D eigenvalue weighted by molar-refractivity contribution is 5.62. The molecule has 1 aromatic rings. The minimum Gasteiger partial charge on any atom is -0.365 e. The Hall–Kier alpha value is -1.62. The molecule has 21 heavy (non-hydrogen) atoms. The van der Waals surface area contributed by atoms with E-state index < -0.39 is 0 Å². The number of piperidine rings is 2. The van der Waals surface area contributed by atoms with Gasteiger partial charge in [-0.3, -0.25) is 10.1 Å². The Morgan fingerprint density at radius 3 is 2.38 bits per heavy atom. The fourth-order valence-electron chi connectivity index (χ4n) is 4.08. The zero-order valence-electron chi connectivity index (χ0n) is 12.7. The molecule has 2 bridgehead atoms. The lowest BCUT2D eigenvalue weighted by Gasteiger charge is -2.50. The summed E-state index contributed by atoms with van der Waals surface area (Å²) in [4.78, 5) is 13.3. The average molecular weight is 289 g/mol. The minimum atomic E-state index is -0.293. The molecule has 2 heterocycles. The molecule has 5 nitrogen and oxygen atoms in total. The van der Waals surface area contributed by atoms with Crippen LogP contribution in [0.15, 0.2) is 12.1 Å². The van der Waals surface area contributed by atoms with Crippen molar-refractivity contribution < 1.29 is 4.92 Å². The summed E-state index contributed by atoms with van der Waals surface area (Å²) in [7, 11) is 0. The molecular weight excluding hydrogens is 266 g/mol. The molecule has 2 fully saturated rings. The molecule has 2 aliphatic heterocycles. The number of hydrogen-bond donors (Lipinski definition) is 1. The second-order valence-electron chi connectivity index (χ2n) is 6.56. The zero-order valence-corrected chi connectivity index (χ0v) is 12.7. The smallest absolute Gasteiger partial charge is 0.272 e. The zero-order chi connectivity index (χ0) is 15.1. The maximum absolute atomic E-state index is 11.1. The van der Waals surface area contributed by atoms with Gasteiger partial charge in [0.25, 0.3) is 5.69 Å². The molecule has 0 aliphatic carbocycles. The number of hydrogen-bond acceptors (Lipinski definition) is 4. The molecular formula is C16H23N3O2. The van der Waals surface area contributed by atoms with E-state index in [1.54, 1.807) is 6.07 Å². The van der Waals surface area contributed by atoms with Gasteiger partial charge < -0.3 is 10.6 Å². The van der Waals surface area contributed by atoms with E-state index >= 15 is 0 Å². The van der Waals surface area contributed by atoms with E-state index in [9.17, 15) is 10.1 Å². The van der Waals surface area contributed by atoms with E-state index in [1.807, 2.05) is 19.9 Å². The topological polar surface area (TPSA) is 72.4 Å². The predicted octanol–water partition coefficient (Wildman–Crippen LogP) is 3.06. The van der Waals surface area contributed by atoms with Crippen molar-refractivity contribution in [2.45, 2.75) is 64.1 Å². The minimum absolute atomic E-state index is 0.218. The van der Waals surface area contributed by atoms with Crippen molar-refractivity contribution in [2.75, 3.05) is 4.90 Å². The first-order valence-corrected chi connectivity index (χ1v) is 7.77. The van der Waals surface area contributed by atoms with Crippen LogP contribution in [0.25, 0.3) is 0 Å². The summed E-state index contributed by atoms with van der Waals surface area (Å²) in [6.07, 6.45) is 5.70. The third-order valence-corrected chi connectivity index (χ3v) is 5.00. The maximum Gasteiger partial charge on any atom is 0.272 e. The third-order valence-electron chi connectivity index (χ3n) is 5.00. The van der Waals surface area contributed by atoms with Crippen LogP contribution in [0.3, 0.4) is 0 Å². The van der Waals surface area contributed by atoms with Gasteiger partial charge in [-0.05, 0) is 57.6 Å². The summed E-state index contributed by atoms with van der Waals surface area (Å²) in [6.45, 7) is 3.80. The van der Waals surface area contributed by atoms with E-state index in [0.717, 1.165) is 24.0 Å². The lowest BCUT2D eigenvalue weighted by molar-refractivity contribution is -0.385. The molecule has 114 valence electrons. The number of benzene rings is 1. The average Bonchev–Trinajstić information content (AvgIpc) is 2.40. The lowest BCUT2D eigenvalue weighted by atomic mass is 9.81. The van der Waals surface area contributed by atoms with Crippen LogP contribution in [0.4, 0.5) is 11.4 Å². The lowest BCUT2D eigenvalue weighted by Crippen LogP contribution is -2.55. The monoisotopic (exact) mass is 289 g/mol. The van der Waals surface area contributed by atoms with Crippen LogP contribution in [0.5, 0.6) is 0 Å². The quantitative estimate of drug-likeness (QED) is 0.671. The van der Waals surface area contributed by atoms with Crippen molar-refractivity contribution in [3.05, 3.63) is 33.4 Å². The van der Waals surface area contributed by atoms with Crippen LogP contribution in [-0.2, 0) is 0 Å². The number of aryl methyl sites for hydroxylation is 2. The summed E-state index contributed by atoms with van der Waals surface area (Å²) >= 11 is 0. The Kier molecular flexibility index (Phi) is 3.61. The fraction of sp³-hybridized carbons (Fsp3) is 0.625. The number of nitrogens with zero attached hydrogens (tertiary/aromatic N) is 2. The van der Waals surface area contributed by atoms with Crippen LogP contribution >= 0.6 is 0 Å². The van der Waals surface area contributed by atoms with Gasteiger partial charge in [-0.25, -0.2) is 0 Å². The Morgan fingerprint density at radius 2 is 1.81 bits per heavy atom. The van der Waals surface area contributed by atoms with Gasteiger partial charge in [0, 0.05) is 35.4 Å². The molecule has 5 heteroatoms. The molecule has 0 saturated carbocycles. The Bertz CT molecular complexity index is 559. The predicted molar refractivity (Wildman–Crippen MR) is 83.7 cm³/mol. The number of nitrogens with two attached hydrogens (primary N) is 1. The second kappa shape index (κ2) is 5.30. The number of rotatable bonds is 2. The van der Waals surface area contributed by atoms with Crippen LogP contribution in [0.1, 0.15) is 43.2 Å². The molecule has 1 aromatic carbocycles. The molecule has 3 rings (SSSR count). The Labute approximate surface area is 125 Å². The first-order chi connectivity index (χ1) is 9.97. The van der Waals surface area contributed by atoms with Crippen molar-refractivity contribution in [1.29, 1.82) is 0 Å². The molecule has 2 unspecified atom stereocenters. The van der Waals surface area contributed by atoms with E-state index in [0.29, 0.717) is 18.1 Å². The van der Waals surface area contributed by atoms with E-state index in [1.165, 1.54) is 24.9 Å². The van der Waals surface area contributed by atoms with Crippen LogP contribution in [0, 0.1) is 24.0 Å². The SMILES string of the molecule is Cc1cc([N+](=O)[O-])c(C)cc1N1C2CCCC1CC(N)C2. The van der Waals surface area contributed by atoms with Crippen molar-refractivity contribution >= 4 is 11.4 Å². The highest BCUT2D eigenvalue weighted by Crippen LogP contribution is 2.40. The van der Waals surface area contributed by atoms with Gasteiger partial charge in [-0.2, -0.15) is 0 Å². The molecule has 2 aliphatic rings. The number of nitro groups is 1. The summed E-state index contributed by atoms with van der Waals surface area (Å²) in [5, 5.41) is 11.1. The first kappa shape index (κ1) is 14.3. The van der Waals surface area contributed by atoms with Gasteiger partial charge in [0.2, 0.25) is 0 Å². The molecule has 2 N–H and O–H groups in total. The second-order valence-corrected chi connectivity index (χ2v) is 6.56. The van der Waals surface area contributed by atoms with Crippen molar-refractivity contribution in [3.8, 4) is 0 Å². The summed E-state index contributed by atoms with van der Waals surface area (Å²) in [6, 6.07) is 5.00. The van der Waals surface area contributed by atoms with Crippen molar-refractivity contribution in [2.24, 2.45) is 5.73 Å². The van der Waals surface area contributed by atoms with Crippen LogP contribution in [-0.4, -0.2) is 23.0 Å². The molecule has 0 radical (unpaired) electrons. The molecule has 0 spiro atoms. The molecule has 2 atom stereocenters. The number of anilines is 1. The van der Waals surface area contributed by atoms with Gasteiger partial charge in [0.15, 0.2) is 0 Å². The standard InChI is InChI=1S/C16H23N3O2/c1-10-7-16(19(20)21)11(2)6-15(10)18-13-4-3-5-14(18)9-12(17)8-13/h6-7,12-14H,3-5,8-9,17H2,1-2H3. The van der Waals surface area contributed by atoms with Gasteiger partial charge >= 0.3 is 0 Å². The molecule has 0 amide bonds. The molecule has 0 aromatic heterocycles. The van der Waals surface area contributed by atoms with Crippen molar-refractivity contribution in [1.82, 2.24) is 0 Å². The van der Waals surface area contributed by atoms with Gasteiger partial charge in [0.1, 0.15) is 0 Å². The number of nitro benzene ring substituents is 1. The first-order valence-electron chi connectivity index (χ1n) is 7.77. The Balaban J connectivity index is 2.00. The summed E-state index contributed by atoms with van der Waals surface area (Å²) in [5.41, 5.74) is 9.31. The van der Waals surface area contributed by atoms with E-state index in [2.05, 4.69) is 4.90 Å². The van der Waals surface area contributed by atoms with Gasteiger partial charge in [-0.15, -0.1) is 0 Å². The van der Waals surface area contributed by atoms with E-state index in [-0.39, 0.29) is 10.6 Å². The fourth-order valence-corrected chi connectivity index (χ4v) is 4.08. The largest absolute Gasteiger partial charge is 0.365 e. The highest BCUT2D eigenvalue weighted by Gasteiger charge is 2.38.